The third-order valence-electron chi connectivity index (χ3n) is 2.61. The molecule has 2 rings (SSSR count). The van der Waals surface area contributed by atoms with Crippen molar-refractivity contribution in [2.24, 2.45) is 0 Å². The Labute approximate surface area is 94.1 Å². The van der Waals surface area contributed by atoms with Gasteiger partial charge in [0.1, 0.15) is 0 Å². The second-order valence-corrected chi connectivity index (χ2v) is 3.59. The van der Waals surface area contributed by atoms with Gasteiger partial charge >= 0.3 is 0 Å². The summed E-state index contributed by atoms with van der Waals surface area (Å²) in [5.41, 5.74) is 1.62. The van der Waals surface area contributed by atoms with Crippen LogP contribution in [0.4, 0.5) is 0 Å². The number of nitrogens with one attached hydrogen (secondary N) is 1. The lowest BCUT2D eigenvalue weighted by Crippen LogP contribution is -2.13. The summed E-state index contributed by atoms with van der Waals surface area (Å²) in [6, 6.07) is 7.50. The quantitative estimate of drug-likeness (QED) is 0.858. The van der Waals surface area contributed by atoms with Gasteiger partial charge in [0.05, 0.1) is 17.7 Å². The lowest BCUT2D eigenvalue weighted by Gasteiger charge is -2.09. The minimum Gasteiger partial charge on any atom is -0.479 e. The van der Waals surface area contributed by atoms with Crippen LogP contribution < -0.4 is 10.2 Å². The molecule has 0 unspecified atom stereocenters. The van der Waals surface area contributed by atoms with E-state index in [1.54, 1.807) is 0 Å². The third kappa shape index (κ3) is 1.69. The Bertz CT molecular complexity index is 557. The van der Waals surface area contributed by atoms with Crippen molar-refractivity contribution < 1.29 is 4.74 Å². The molecule has 84 valence electrons. The summed E-state index contributed by atoms with van der Waals surface area (Å²) in [5, 5.41) is 0.725. The maximum absolute atomic E-state index is 12.2. The first-order chi connectivity index (χ1) is 7.77. The fourth-order valence-corrected chi connectivity index (χ4v) is 1.84. The molecule has 16 heavy (non-hydrogen) atoms. The lowest BCUT2D eigenvalue weighted by molar-refractivity contribution is 0.324. The van der Waals surface area contributed by atoms with Gasteiger partial charge in [0, 0.05) is 5.39 Å². The van der Waals surface area contributed by atoms with Crippen molar-refractivity contribution >= 4 is 10.9 Å². The minimum absolute atomic E-state index is 0.0697. The molecule has 1 heterocycles. The number of ether oxygens (including phenoxy) is 1. The molecule has 0 radical (unpaired) electrons. The summed E-state index contributed by atoms with van der Waals surface area (Å²) < 4.78 is 5.46. The molecule has 1 aromatic heterocycles. The van der Waals surface area contributed by atoms with Crippen LogP contribution >= 0.6 is 0 Å². The van der Waals surface area contributed by atoms with Gasteiger partial charge in [-0.05, 0) is 25.5 Å². The highest BCUT2D eigenvalue weighted by Crippen LogP contribution is 2.17. The second kappa shape index (κ2) is 4.39. The topological polar surface area (TPSA) is 42.1 Å². The van der Waals surface area contributed by atoms with Crippen molar-refractivity contribution in [1.29, 1.82) is 0 Å². The highest BCUT2D eigenvalue weighted by molar-refractivity contribution is 5.79. The number of aromatic amines is 1. The van der Waals surface area contributed by atoms with Gasteiger partial charge in [-0.1, -0.05) is 19.1 Å². The monoisotopic (exact) mass is 217 g/mol. The van der Waals surface area contributed by atoms with Crippen LogP contribution in [0.25, 0.3) is 10.9 Å². The van der Waals surface area contributed by atoms with Gasteiger partial charge in [-0.2, -0.15) is 0 Å². The van der Waals surface area contributed by atoms with E-state index in [9.17, 15) is 4.79 Å². The number of para-hydroxylation sites is 1. The molecule has 0 fully saturated rings. The Kier molecular flexibility index (Phi) is 2.95. The lowest BCUT2D eigenvalue weighted by atomic mass is 10.1. The molecule has 1 aromatic carbocycles. The zero-order valence-electron chi connectivity index (χ0n) is 9.54. The number of rotatable bonds is 3. The van der Waals surface area contributed by atoms with Crippen molar-refractivity contribution in [2.75, 3.05) is 6.61 Å². The molecule has 0 amide bonds. The molecule has 2 aromatic rings. The standard InChI is InChI=1S/C13H15NO2/c1-3-9-12(15)10-7-5-6-8-11(10)14-13(9)16-4-2/h5-8H,3-4H2,1-2H3,(H,14,15). The first-order valence-electron chi connectivity index (χ1n) is 5.54. The fraction of sp³-hybridized carbons (Fsp3) is 0.308. The highest BCUT2D eigenvalue weighted by Gasteiger charge is 2.10. The van der Waals surface area contributed by atoms with Gasteiger partial charge in [-0.3, -0.25) is 4.79 Å². The molecule has 0 bridgehead atoms. The average Bonchev–Trinajstić information content (AvgIpc) is 2.30. The zero-order valence-corrected chi connectivity index (χ0v) is 9.54. The van der Waals surface area contributed by atoms with E-state index in [1.165, 1.54) is 0 Å². The molecule has 0 aliphatic heterocycles. The molecular weight excluding hydrogens is 202 g/mol. The first-order valence-corrected chi connectivity index (χ1v) is 5.54. The van der Waals surface area contributed by atoms with Crippen LogP contribution in [-0.4, -0.2) is 11.6 Å². The van der Waals surface area contributed by atoms with E-state index in [2.05, 4.69) is 4.98 Å². The largest absolute Gasteiger partial charge is 0.479 e. The average molecular weight is 217 g/mol. The van der Waals surface area contributed by atoms with E-state index in [-0.39, 0.29) is 5.43 Å². The zero-order chi connectivity index (χ0) is 11.5. The second-order valence-electron chi connectivity index (χ2n) is 3.59. The number of pyridine rings is 1. The van der Waals surface area contributed by atoms with E-state index in [1.807, 2.05) is 38.1 Å². The van der Waals surface area contributed by atoms with Crippen LogP contribution in [0.15, 0.2) is 29.1 Å². The van der Waals surface area contributed by atoms with Crippen molar-refractivity contribution in [3.05, 3.63) is 40.1 Å². The van der Waals surface area contributed by atoms with Gasteiger partial charge in [-0.25, -0.2) is 0 Å². The van der Waals surface area contributed by atoms with Crippen LogP contribution in [0.5, 0.6) is 5.88 Å². The maximum atomic E-state index is 12.2. The summed E-state index contributed by atoms with van der Waals surface area (Å²) in [5.74, 6) is 0.605. The fourth-order valence-electron chi connectivity index (χ4n) is 1.84. The van der Waals surface area contributed by atoms with E-state index in [0.29, 0.717) is 18.9 Å². The van der Waals surface area contributed by atoms with E-state index >= 15 is 0 Å². The van der Waals surface area contributed by atoms with Gasteiger partial charge in [0.2, 0.25) is 0 Å². The Balaban J connectivity index is 2.76. The number of aromatic nitrogens is 1. The molecular formula is C13H15NO2. The number of H-pyrrole nitrogens is 1. The Morgan fingerprint density at radius 2 is 2.00 bits per heavy atom. The molecule has 0 aliphatic carbocycles. The molecule has 0 aliphatic rings. The van der Waals surface area contributed by atoms with E-state index < -0.39 is 0 Å². The van der Waals surface area contributed by atoms with E-state index in [4.69, 9.17) is 4.74 Å². The van der Waals surface area contributed by atoms with E-state index in [0.717, 1.165) is 16.5 Å². The Morgan fingerprint density at radius 3 is 2.69 bits per heavy atom. The predicted octanol–water partition coefficient (Wildman–Crippen LogP) is 2.49. The van der Waals surface area contributed by atoms with Crippen LogP contribution in [0.3, 0.4) is 0 Å². The van der Waals surface area contributed by atoms with Crippen molar-refractivity contribution in [2.45, 2.75) is 20.3 Å². The molecule has 3 nitrogen and oxygen atoms in total. The summed E-state index contributed by atoms with van der Waals surface area (Å²) in [6.45, 7) is 4.43. The summed E-state index contributed by atoms with van der Waals surface area (Å²) >= 11 is 0. The smallest absolute Gasteiger partial charge is 0.198 e. The summed E-state index contributed by atoms with van der Waals surface area (Å²) in [7, 11) is 0. The van der Waals surface area contributed by atoms with Gasteiger partial charge < -0.3 is 9.72 Å². The minimum atomic E-state index is 0.0697. The number of hydrogen-bond donors (Lipinski definition) is 1. The molecule has 0 atom stereocenters. The predicted molar refractivity (Wildman–Crippen MR) is 65.1 cm³/mol. The van der Waals surface area contributed by atoms with Gasteiger partial charge in [0.25, 0.3) is 0 Å². The van der Waals surface area contributed by atoms with Crippen molar-refractivity contribution in [3.63, 3.8) is 0 Å². The van der Waals surface area contributed by atoms with Gasteiger partial charge in [0.15, 0.2) is 11.3 Å². The molecule has 0 saturated carbocycles. The number of benzene rings is 1. The van der Waals surface area contributed by atoms with Crippen LogP contribution in [-0.2, 0) is 6.42 Å². The number of hydrogen-bond acceptors (Lipinski definition) is 2. The Hall–Kier alpha value is -1.77. The number of fused-ring (bicyclic) bond motifs is 1. The van der Waals surface area contributed by atoms with Crippen LogP contribution in [0.1, 0.15) is 19.4 Å². The molecule has 0 saturated heterocycles. The molecule has 1 N–H and O–H groups in total. The van der Waals surface area contributed by atoms with Crippen molar-refractivity contribution in [3.8, 4) is 5.88 Å². The van der Waals surface area contributed by atoms with Crippen LogP contribution in [0, 0.1) is 0 Å². The SMILES string of the molecule is CCOc1[nH]c2ccccc2c(=O)c1CC. The summed E-state index contributed by atoms with van der Waals surface area (Å²) in [4.78, 5) is 15.3. The molecule has 3 heteroatoms. The van der Waals surface area contributed by atoms with Crippen molar-refractivity contribution in [1.82, 2.24) is 4.98 Å². The third-order valence-corrected chi connectivity index (χ3v) is 2.61. The molecule has 0 spiro atoms. The Morgan fingerprint density at radius 1 is 1.25 bits per heavy atom. The summed E-state index contributed by atoms with van der Waals surface area (Å²) in [6.07, 6.45) is 0.676. The maximum Gasteiger partial charge on any atom is 0.198 e. The van der Waals surface area contributed by atoms with Crippen LogP contribution in [0.2, 0.25) is 0 Å². The van der Waals surface area contributed by atoms with Gasteiger partial charge in [-0.15, -0.1) is 0 Å². The first kappa shape index (κ1) is 10.7. The highest BCUT2D eigenvalue weighted by atomic mass is 16.5. The normalized spacial score (nSPS) is 10.6.